The fraction of sp³-hybridized carbons (Fsp3) is 0.160. The number of hydrazone groups is 1. The van der Waals surface area contributed by atoms with Gasteiger partial charge in [-0.1, -0.05) is 68.1 Å². The smallest absolute Gasteiger partial charge is 0.271 e. The van der Waals surface area contributed by atoms with Crippen LogP contribution in [-0.4, -0.2) is 27.3 Å². The van der Waals surface area contributed by atoms with Crippen molar-refractivity contribution >= 4 is 34.9 Å². The molecule has 7 heteroatoms. The van der Waals surface area contributed by atoms with E-state index in [9.17, 15) is 4.79 Å². The molecule has 1 amide bonds. The number of thioether (sulfide) groups is 1. The highest BCUT2D eigenvalue weighted by Crippen LogP contribution is 2.23. The number of amides is 1. The first-order valence-corrected chi connectivity index (χ1v) is 11.2. The summed E-state index contributed by atoms with van der Waals surface area (Å²) in [7, 11) is 0. The summed E-state index contributed by atoms with van der Waals surface area (Å²) in [5.41, 5.74) is 6.61. The highest BCUT2D eigenvalue weighted by molar-refractivity contribution is 7.99. The third-order valence-corrected chi connectivity index (χ3v) is 5.48. The van der Waals surface area contributed by atoms with Crippen molar-refractivity contribution in [2.24, 2.45) is 5.10 Å². The Morgan fingerprint density at radius 1 is 1.12 bits per heavy atom. The number of benzene rings is 3. The maximum absolute atomic E-state index is 12.6. The minimum Gasteiger partial charge on any atom is -0.488 e. The lowest BCUT2D eigenvalue weighted by atomic mass is 10.2. The normalized spacial score (nSPS) is 11.3. The molecule has 3 aromatic carbocycles. The average molecular weight is 445 g/mol. The summed E-state index contributed by atoms with van der Waals surface area (Å²) in [5, 5.41) is 5.39. The van der Waals surface area contributed by atoms with E-state index < -0.39 is 0 Å². The van der Waals surface area contributed by atoms with Crippen molar-refractivity contribution in [3.63, 3.8) is 0 Å². The third-order valence-electron chi connectivity index (χ3n) is 4.60. The largest absolute Gasteiger partial charge is 0.488 e. The van der Waals surface area contributed by atoms with E-state index in [-0.39, 0.29) is 5.91 Å². The van der Waals surface area contributed by atoms with Gasteiger partial charge in [0.25, 0.3) is 5.91 Å². The number of hydrogen-bond acceptors (Lipinski definition) is 5. The van der Waals surface area contributed by atoms with E-state index in [1.165, 1.54) is 0 Å². The monoisotopic (exact) mass is 444 g/mol. The molecule has 0 fully saturated rings. The maximum Gasteiger partial charge on any atom is 0.271 e. The van der Waals surface area contributed by atoms with Gasteiger partial charge in [-0.15, -0.1) is 0 Å². The standard InChI is InChI=1S/C25H24N4O2S/c1-17(2)32-25-27-21-13-12-19(14-22(21)28-25)24(30)29-26-15-20-10-6-7-11-23(20)31-16-18-8-4-3-5-9-18/h3-15,17H,16H2,1-2H3,(H,27,28)(H,29,30)/b26-15-. The number of aromatic nitrogens is 2. The molecule has 0 aliphatic heterocycles. The number of hydrogen-bond donors (Lipinski definition) is 2. The van der Waals surface area contributed by atoms with Crippen LogP contribution < -0.4 is 10.2 Å². The van der Waals surface area contributed by atoms with E-state index in [1.54, 1.807) is 30.1 Å². The molecule has 0 unspecified atom stereocenters. The predicted octanol–water partition coefficient (Wildman–Crippen LogP) is 5.41. The number of nitrogens with zero attached hydrogens (tertiary/aromatic N) is 2. The van der Waals surface area contributed by atoms with Crippen LogP contribution in [0, 0.1) is 0 Å². The Kier molecular flexibility index (Phi) is 6.87. The van der Waals surface area contributed by atoms with E-state index in [4.69, 9.17) is 4.74 Å². The minimum absolute atomic E-state index is 0.293. The fourth-order valence-corrected chi connectivity index (χ4v) is 3.85. The molecule has 2 N–H and O–H groups in total. The van der Waals surface area contributed by atoms with Crippen LogP contribution in [0.25, 0.3) is 11.0 Å². The van der Waals surface area contributed by atoms with Gasteiger partial charge in [0.05, 0.1) is 17.2 Å². The second-order valence-corrected chi connectivity index (χ2v) is 9.02. The molecule has 0 bridgehead atoms. The number of aromatic amines is 1. The molecule has 0 aliphatic carbocycles. The lowest BCUT2D eigenvalue weighted by Crippen LogP contribution is -2.17. The van der Waals surface area contributed by atoms with Crippen molar-refractivity contribution in [1.29, 1.82) is 0 Å². The number of carbonyl (C=O) groups excluding carboxylic acids is 1. The molecule has 0 saturated heterocycles. The van der Waals surface area contributed by atoms with Crippen LogP contribution >= 0.6 is 11.8 Å². The molecule has 0 aliphatic rings. The van der Waals surface area contributed by atoms with Gasteiger partial charge >= 0.3 is 0 Å². The summed E-state index contributed by atoms with van der Waals surface area (Å²) < 4.78 is 5.93. The Labute approximate surface area is 191 Å². The number of para-hydroxylation sites is 1. The molecule has 32 heavy (non-hydrogen) atoms. The molecule has 162 valence electrons. The second kappa shape index (κ2) is 10.2. The summed E-state index contributed by atoms with van der Waals surface area (Å²) in [6.45, 7) is 4.68. The summed E-state index contributed by atoms with van der Waals surface area (Å²) >= 11 is 1.65. The van der Waals surface area contributed by atoms with Gasteiger partial charge in [0.15, 0.2) is 5.16 Å². The number of imidazole rings is 1. The maximum atomic E-state index is 12.6. The van der Waals surface area contributed by atoms with Crippen molar-refractivity contribution in [2.45, 2.75) is 30.9 Å². The lowest BCUT2D eigenvalue weighted by molar-refractivity contribution is 0.0955. The second-order valence-electron chi connectivity index (χ2n) is 7.45. The molecule has 4 aromatic rings. The molecule has 0 radical (unpaired) electrons. The van der Waals surface area contributed by atoms with Crippen LogP contribution in [0.4, 0.5) is 0 Å². The zero-order chi connectivity index (χ0) is 22.3. The highest BCUT2D eigenvalue weighted by Gasteiger charge is 2.10. The minimum atomic E-state index is -0.293. The van der Waals surface area contributed by atoms with Crippen molar-refractivity contribution < 1.29 is 9.53 Å². The van der Waals surface area contributed by atoms with Crippen LogP contribution in [0.5, 0.6) is 5.75 Å². The Bertz CT molecular complexity index is 1240. The quantitative estimate of drug-likeness (QED) is 0.216. The highest BCUT2D eigenvalue weighted by atomic mass is 32.2. The van der Waals surface area contributed by atoms with E-state index >= 15 is 0 Å². The molecular weight excluding hydrogens is 420 g/mol. The SMILES string of the molecule is CC(C)Sc1nc2ccc(C(=O)N/N=C\c3ccccc3OCc3ccccc3)cc2[nH]1. The number of ether oxygens (including phenoxy) is 1. The Hall–Kier alpha value is -3.58. The lowest BCUT2D eigenvalue weighted by Gasteiger charge is -2.09. The predicted molar refractivity (Wildman–Crippen MR) is 129 cm³/mol. The summed E-state index contributed by atoms with van der Waals surface area (Å²) in [6.07, 6.45) is 1.59. The van der Waals surface area contributed by atoms with Crippen LogP contribution in [0.1, 0.15) is 35.3 Å². The van der Waals surface area contributed by atoms with Gasteiger partial charge in [-0.3, -0.25) is 4.79 Å². The van der Waals surface area contributed by atoms with E-state index in [0.717, 1.165) is 27.3 Å². The molecular formula is C25H24N4O2S. The van der Waals surface area contributed by atoms with Gasteiger partial charge in [-0.25, -0.2) is 10.4 Å². The average Bonchev–Trinajstić information content (AvgIpc) is 3.19. The molecule has 0 saturated carbocycles. The zero-order valence-electron chi connectivity index (χ0n) is 17.9. The summed E-state index contributed by atoms with van der Waals surface area (Å²) in [6, 6.07) is 22.9. The Morgan fingerprint density at radius 2 is 1.91 bits per heavy atom. The zero-order valence-corrected chi connectivity index (χ0v) is 18.7. The van der Waals surface area contributed by atoms with E-state index in [2.05, 4.69) is 34.3 Å². The van der Waals surface area contributed by atoms with Gasteiger partial charge in [0, 0.05) is 16.4 Å². The van der Waals surface area contributed by atoms with Crippen LogP contribution in [0.2, 0.25) is 0 Å². The first kappa shape index (κ1) is 21.6. The van der Waals surface area contributed by atoms with Crippen molar-refractivity contribution in [3.8, 4) is 5.75 Å². The first-order chi connectivity index (χ1) is 15.6. The Balaban J connectivity index is 1.41. The van der Waals surface area contributed by atoms with E-state index in [1.807, 2.05) is 60.7 Å². The van der Waals surface area contributed by atoms with Gasteiger partial charge in [0.1, 0.15) is 12.4 Å². The molecule has 0 atom stereocenters. The topological polar surface area (TPSA) is 79.4 Å². The number of H-pyrrole nitrogens is 1. The first-order valence-electron chi connectivity index (χ1n) is 10.3. The Morgan fingerprint density at radius 3 is 2.72 bits per heavy atom. The molecule has 4 rings (SSSR count). The molecule has 6 nitrogen and oxygen atoms in total. The summed E-state index contributed by atoms with van der Waals surface area (Å²) in [4.78, 5) is 20.4. The molecule has 0 spiro atoms. The molecule has 1 aromatic heterocycles. The van der Waals surface area contributed by atoms with Gasteiger partial charge < -0.3 is 9.72 Å². The van der Waals surface area contributed by atoms with Crippen molar-refractivity contribution in [3.05, 3.63) is 89.5 Å². The van der Waals surface area contributed by atoms with Crippen LogP contribution in [0.3, 0.4) is 0 Å². The third kappa shape index (κ3) is 5.56. The molecule has 1 heterocycles. The fourth-order valence-electron chi connectivity index (χ4n) is 3.09. The number of nitrogens with one attached hydrogen (secondary N) is 2. The van der Waals surface area contributed by atoms with Gasteiger partial charge in [-0.2, -0.15) is 5.10 Å². The number of fused-ring (bicyclic) bond motifs is 1. The van der Waals surface area contributed by atoms with Crippen molar-refractivity contribution in [1.82, 2.24) is 15.4 Å². The number of carbonyl (C=O) groups is 1. The van der Waals surface area contributed by atoms with Gasteiger partial charge in [0.2, 0.25) is 0 Å². The number of rotatable bonds is 8. The van der Waals surface area contributed by atoms with E-state index in [0.29, 0.717) is 23.2 Å². The summed E-state index contributed by atoms with van der Waals surface area (Å²) in [5.74, 6) is 0.405. The van der Waals surface area contributed by atoms with Crippen LogP contribution in [-0.2, 0) is 6.61 Å². The van der Waals surface area contributed by atoms with Gasteiger partial charge in [-0.05, 0) is 35.9 Å². The van der Waals surface area contributed by atoms with Crippen molar-refractivity contribution in [2.75, 3.05) is 0 Å². The van der Waals surface area contributed by atoms with Crippen LogP contribution in [0.15, 0.2) is 83.1 Å².